The molecule has 0 aromatic heterocycles. The number of aliphatic hydroxyl groups is 4. The average Bonchev–Trinajstić information content (AvgIpc) is 2.94. The summed E-state index contributed by atoms with van der Waals surface area (Å²) in [5.74, 6) is -8.97. The fourth-order valence-electron chi connectivity index (χ4n) is 6.33. The highest BCUT2D eigenvalue weighted by Gasteiger charge is 2.64. The molecule has 3 aliphatic rings. The van der Waals surface area contributed by atoms with E-state index in [2.05, 4.69) is 10.6 Å². The lowest BCUT2D eigenvalue weighted by atomic mass is 9.57. The Kier molecular flexibility index (Phi) is 10.7. The third-order valence-electron chi connectivity index (χ3n) is 8.59. The number of carboxylic acids is 1. The van der Waals surface area contributed by atoms with E-state index in [0.717, 1.165) is 0 Å². The number of Topliss-reactive ketones (excluding diaryl/α,β-unsaturated/α-hetero) is 2. The predicted octanol–water partition coefficient (Wildman–Crippen LogP) is -0.192. The van der Waals surface area contributed by atoms with Gasteiger partial charge in [0, 0.05) is 36.8 Å². The summed E-state index contributed by atoms with van der Waals surface area (Å²) in [5.41, 5.74) is 2.11. The van der Waals surface area contributed by atoms with E-state index in [0.29, 0.717) is 11.3 Å². The number of nitrogens with zero attached hydrogens (tertiary/aromatic N) is 2. The van der Waals surface area contributed by atoms with Crippen LogP contribution >= 0.6 is 0 Å². The molecule has 16 heteroatoms. The summed E-state index contributed by atoms with van der Waals surface area (Å²) < 4.78 is 0. The second kappa shape index (κ2) is 13.5. The number of hydrogen-bond acceptors (Lipinski definition) is 13. The molecule has 0 heterocycles. The number of hydrogen-bond donors (Lipinski definition) is 9. The van der Waals surface area contributed by atoms with Gasteiger partial charge in [-0.25, -0.2) is 4.79 Å². The van der Waals surface area contributed by atoms with Gasteiger partial charge in [0.2, 0.25) is 11.7 Å². The summed E-state index contributed by atoms with van der Waals surface area (Å²) in [6.45, 7) is 6.82. The highest BCUT2D eigenvalue weighted by atomic mass is 16.4. The van der Waals surface area contributed by atoms with Crippen LogP contribution in [-0.2, 0) is 30.4 Å². The Balaban J connectivity index is 0.000000952. The highest BCUT2D eigenvalue weighted by Crippen LogP contribution is 2.54. The number of primary amides is 1. The van der Waals surface area contributed by atoms with Crippen molar-refractivity contribution in [3.8, 4) is 5.75 Å². The quantitative estimate of drug-likeness (QED) is 0.134. The monoisotopic (exact) mass is 675 g/mol. The molecule has 4 rings (SSSR count). The molecular weight excluding hydrogens is 630 g/mol. The highest BCUT2D eigenvalue weighted by molar-refractivity contribution is 6.24. The summed E-state index contributed by atoms with van der Waals surface area (Å²) in [7, 11) is 6.58. The number of phenols is 1. The van der Waals surface area contributed by atoms with Crippen LogP contribution in [0.4, 0.5) is 11.4 Å². The van der Waals surface area contributed by atoms with E-state index in [1.165, 1.54) is 11.8 Å². The van der Waals surface area contributed by atoms with E-state index in [1.807, 2.05) is 20.8 Å². The van der Waals surface area contributed by atoms with Gasteiger partial charge in [0.1, 0.15) is 28.9 Å². The molecule has 3 unspecified atom stereocenters. The summed E-state index contributed by atoms with van der Waals surface area (Å²) in [6.07, 6.45) is -1.11. The number of ketones is 2. The molecular formula is C32H45N5O11. The first-order valence-electron chi connectivity index (χ1n) is 15.1. The molecule has 16 nitrogen and oxygen atoms in total. The number of carbonyl (C=O) groups excluding carboxylic acids is 4. The van der Waals surface area contributed by atoms with Gasteiger partial charge in [-0.1, -0.05) is 0 Å². The third kappa shape index (κ3) is 6.87. The number of likely N-dealkylation sites (N-methyl/N-ethyl adjacent to an activating group) is 1. The fraction of sp³-hybridized carbons (Fsp3) is 0.531. The largest absolute Gasteiger partial charge is 0.508 e. The number of phenolic OH excluding ortho intramolecular Hbond substituents is 1. The maximum absolute atomic E-state index is 14.0. The van der Waals surface area contributed by atoms with Crippen LogP contribution in [0.15, 0.2) is 23.0 Å². The van der Waals surface area contributed by atoms with Crippen molar-refractivity contribution in [3.63, 3.8) is 0 Å². The summed E-state index contributed by atoms with van der Waals surface area (Å²) in [6, 6.07) is 0.409. The Bertz CT molecular complexity index is 1610. The van der Waals surface area contributed by atoms with Gasteiger partial charge in [-0.15, -0.1) is 0 Å². The summed E-state index contributed by atoms with van der Waals surface area (Å²) in [4.78, 5) is 64.8. The Hall–Kier alpha value is -4.51. The lowest BCUT2D eigenvalue weighted by Gasteiger charge is -2.50. The first kappa shape index (κ1) is 37.9. The maximum atomic E-state index is 14.0. The minimum Gasteiger partial charge on any atom is -0.508 e. The van der Waals surface area contributed by atoms with Gasteiger partial charge in [-0.3, -0.25) is 24.1 Å². The lowest BCUT2D eigenvalue weighted by Crippen LogP contribution is -2.65. The van der Waals surface area contributed by atoms with Crippen LogP contribution in [0, 0.1) is 11.8 Å². The number of rotatable bonds is 7. The zero-order valence-electron chi connectivity index (χ0n) is 28.2. The van der Waals surface area contributed by atoms with E-state index in [1.54, 1.807) is 39.2 Å². The first-order chi connectivity index (χ1) is 22.0. The van der Waals surface area contributed by atoms with Gasteiger partial charge in [0.25, 0.3) is 5.91 Å². The zero-order chi connectivity index (χ0) is 36.8. The SMILES string of the molecule is CC(O)C(=O)O.CN(C)c1cc(NC(=O)CNC(C)(C)C)c(O)c2c1CC1CC3[C@H](N(C)C)C(=O)C(C(N)=O)=C(O)[C@@]3(O)C(=O)C1=C2O. The van der Waals surface area contributed by atoms with Crippen molar-refractivity contribution in [1.29, 1.82) is 0 Å². The molecule has 1 fully saturated rings. The molecule has 48 heavy (non-hydrogen) atoms. The number of nitrogens with two attached hydrogens (primary N) is 1. The van der Waals surface area contributed by atoms with Crippen molar-refractivity contribution < 1.29 is 54.6 Å². The van der Waals surface area contributed by atoms with Crippen LogP contribution in [0.3, 0.4) is 0 Å². The van der Waals surface area contributed by atoms with Crippen LogP contribution in [-0.4, -0.2) is 123 Å². The third-order valence-corrected chi connectivity index (χ3v) is 8.59. The maximum Gasteiger partial charge on any atom is 0.332 e. The molecule has 1 aromatic carbocycles. The molecule has 0 radical (unpaired) electrons. The van der Waals surface area contributed by atoms with Crippen molar-refractivity contribution in [2.45, 2.75) is 63.8 Å². The first-order valence-corrected chi connectivity index (χ1v) is 15.1. The van der Waals surface area contributed by atoms with E-state index in [4.69, 9.17) is 15.9 Å². The minimum atomic E-state index is -2.73. The Labute approximate surface area is 277 Å². The predicted molar refractivity (Wildman–Crippen MR) is 174 cm³/mol. The zero-order valence-corrected chi connectivity index (χ0v) is 28.2. The van der Waals surface area contributed by atoms with Crippen LogP contribution < -0.4 is 21.3 Å². The Morgan fingerprint density at radius 1 is 1.10 bits per heavy atom. The van der Waals surface area contributed by atoms with Crippen molar-refractivity contribution in [3.05, 3.63) is 34.1 Å². The average molecular weight is 676 g/mol. The summed E-state index contributed by atoms with van der Waals surface area (Å²) >= 11 is 0. The lowest BCUT2D eigenvalue weighted by molar-refractivity contribution is -0.153. The Morgan fingerprint density at radius 3 is 2.12 bits per heavy atom. The topological polar surface area (TPSA) is 263 Å². The number of anilines is 2. The van der Waals surface area contributed by atoms with E-state index in [-0.39, 0.29) is 41.7 Å². The molecule has 264 valence electrons. The normalized spacial score (nSPS) is 24.2. The number of aromatic hydroxyl groups is 1. The molecule has 0 saturated heterocycles. The minimum absolute atomic E-state index is 0.00158. The molecule has 1 aromatic rings. The number of aliphatic carboxylic acids is 1. The van der Waals surface area contributed by atoms with Crippen molar-refractivity contribution >= 4 is 46.5 Å². The molecule has 0 aliphatic heterocycles. The van der Waals surface area contributed by atoms with Gasteiger partial charge < -0.3 is 51.9 Å². The van der Waals surface area contributed by atoms with E-state index in [9.17, 15) is 44.4 Å². The number of nitrogens with one attached hydrogen (secondary N) is 2. The van der Waals surface area contributed by atoms with Crippen LogP contribution in [0.25, 0.3) is 5.76 Å². The van der Waals surface area contributed by atoms with E-state index < -0.39 is 81.8 Å². The summed E-state index contributed by atoms with van der Waals surface area (Å²) in [5, 5.41) is 67.1. The van der Waals surface area contributed by atoms with E-state index >= 15 is 0 Å². The number of carboxylic acid groups (broad SMARTS) is 1. The second-order valence-corrected chi connectivity index (χ2v) is 13.7. The van der Waals surface area contributed by atoms with Crippen LogP contribution in [0.2, 0.25) is 0 Å². The molecule has 0 spiro atoms. The molecule has 2 amide bonds. The molecule has 10 N–H and O–H groups in total. The van der Waals surface area contributed by atoms with Gasteiger partial charge in [0.15, 0.2) is 11.4 Å². The van der Waals surface area contributed by atoms with Gasteiger partial charge in [-0.2, -0.15) is 0 Å². The number of benzene rings is 1. The van der Waals surface area contributed by atoms with Gasteiger partial charge >= 0.3 is 5.97 Å². The Morgan fingerprint density at radius 2 is 1.67 bits per heavy atom. The van der Waals surface area contributed by atoms with Gasteiger partial charge in [-0.05, 0) is 72.2 Å². The molecule has 3 aliphatic carbocycles. The van der Waals surface area contributed by atoms with Crippen LogP contribution in [0.5, 0.6) is 5.75 Å². The molecule has 1 saturated carbocycles. The number of fused-ring (bicyclic) bond motifs is 3. The fourth-order valence-corrected chi connectivity index (χ4v) is 6.33. The number of amides is 2. The molecule has 5 atom stereocenters. The van der Waals surface area contributed by atoms with Crippen LogP contribution in [0.1, 0.15) is 45.2 Å². The number of carbonyl (C=O) groups is 5. The smallest absolute Gasteiger partial charge is 0.332 e. The number of aliphatic hydroxyl groups excluding tert-OH is 3. The van der Waals surface area contributed by atoms with Gasteiger partial charge in [0.05, 0.1) is 23.8 Å². The second-order valence-electron chi connectivity index (χ2n) is 13.7. The van der Waals surface area contributed by atoms with Crippen molar-refractivity contribution in [1.82, 2.24) is 10.2 Å². The van der Waals surface area contributed by atoms with Crippen molar-refractivity contribution in [2.75, 3.05) is 45.0 Å². The van der Waals surface area contributed by atoms with Crippen molar-refractivity contribution in [2.24, 2.45) is 17.6 Å². The molecule has 0 bridgehead atoms. The standard InChI is InChI=1S/C29H39N5O8.C3H6O3/c1-28(2,3)31-11-17(35)32-15-10-16(33(4)5)13-8-12-9-14-21(34(6)7)24(38)20(27(30)41)26(40)29(14,42)25(39)18(12)23(37)19(13)22(15)36;1-2(4)3(5)6/h10,12,14,21,31,36-37,40,42H,8-9,11H2,1-7H3,(H2,30,41)(H,32,35);2,4H,1H3,(H,5,6)/t12?,14?,21-,29-;/m0./s1.